The molecule has 182 valence electrons. The van der Waals surface area contributed by atoms with Crippen LogP contribution >= 0.6 is 11.3 Å². The fraction of sp³-hybridized carbons (Fsp3) is 0. The monoisotopic (exact) mass is 512 g/mol. The summed E-state index contributed by atoms with van der Waals surface area (Å²) in [6.45, 7) is 0. The van der Waals surface area contributed by atoms with Gasteiger partial charge in [-0.25, -0.2) is 0 Å². The molecule has 0 aliphatic rings. The molecule has 0 aliphatic heterocycles. The Morgan fingerprint density at radius 3 is 1.46 bits per heavy atom. The number of hydrogen-bond donors (Lipinski definition) is 0. The number of thiophene rings is 1. The third-order valence-corrected chi connectivity index (χ3v) is 8.99. The third-order valence-electron chi connectivity index (χ3n) is 7.86. The molecule has 39 heavy (non-hydrogen) atoms. The lowest BCUT2D eigenvalue weighted by atomic mass is 9.85. The third kappa shape index (κ3) is 3.59. The van der Waals surface area contributed by atoms with Gasteiger partial charge < -0.3 is 0 Å². The van der Waals surface area contributed by atoms with Crippen LogP contribution in [0.1, 0.15) is 0 Å². The Hall–Kier alpha value is -4.72. The molecule has 7 aromatic carbocycles. The fourth-order valence-corrected chi connectivity index (χ4v) is 7.26. The molecule has 0 nitrogen and oxygen atoms in total. The highest BCUT2D eigenvalue weighted by Gasteiger charge is 2.16. The van der Waals surface area contributed by atoms with E-state index in [4.69, 9.17) is 0 Å². The SMILES string of the molecule is c1ccc(-c2c3ccccc3c(-c3cccc(-c4ccc5c(c4)sc4ccccc45)c3)c3ccccc23)cc1. The topological polar surface area (TPSA) is 0 Å². The van der Waals surface area contributed by atoms with Crippen LogP contribution in [-0.2, 0) is 0 Å². The summed E-state index contributed by atoms with van der Waals surface area (Å²) >= 11 is 1.87. The first-order chi connectivity index (χ1) is 19.3. The zero-order valence-corrected chi connectivity index (χ0v) is 22.1. The smallest absolute Gasteiger partial charge is 0.0361 e. The van der Waals surface area contributed by atoms with Crippen LogP contribution in [0.15, 0.2) is 146 Å². The molecular weight excluding hydrogens is 488 g/mol. The van der Waals surface area contributed by atoms with Crippen molar-refractivity contribution in [3.63, 3.8) is 0 Å². The highest BCUT2D eigenvalue weighted by Crippen LogP contribution is 2.44. The quantitative estimate of drug-likeness (QED) is 0.207. The summed E-state index contributed by atoms with van der Waals surface area (Å²) in [5.74, 6) is 0. The van der Waals surface area contributed by atoms with Crippen molar-refractivity contribution in [1.29, 1.82) is 0 Å². The molecule has 0 fully saturated rings. The zero-order valence-electron chi connectivity index (χ0n) is 21.3. The Morgan fingerprint density at radius 1 is 0.282 bits per heavy atom. The molecule has 1 heterocycles. The maximum absolute atomic E-state index is 2.37. The zero-order chi connectivity index (χ0) is 25.8. The molecule has 0 spiro atoms. The lowest BCUT2D eigenvalue weighted by Gasteiger charge is -2.18. The largest absolute Gasteiger partial charge is 0.135 e. The van der Waals surface area contributed by atoms with Crippen LogP contribution in [0.2, 0.25) is 0 Å². The molecular formula is C38H24S. The molecule has 0 aliphatic carbocycles. The molecule has 0 saturated carbocycles. The Morgan fingerprint density at radius 2 is 0.769 bits per heavy atom. The molecule has 0 radical (unpaired) electrons. The van der Waals surface area contributed by atoms with Gasteiger partial charge in [-0.3, -0.25) is 0 Å². The van der Waals surface area contributed by atoms with Gasteiger partial charge in [0.1, 0.15) is 0 Å². The van der Waals surface area contributed by atoms with Gasteiger partial charge in [0.25, 0.3) is 0 Å². The van der Waals surface area contributed by atoms with E-state index in [9.17, 15) is 0 Å². The van der Waals surface area contributed by atoms with Crippen LogP contribution in [-0.4, -0.2) is 0 Å². The van der Waals surface area contributed by atoms with Crippen molar-refractivity contribution >= 4 is 53.1 Å². The standard InChI is InChI=1S/C38H24S/c1-2-11-25(12-3-1)37-31-16-4-6-18-33(31)38(34-19-7-5-17-32(34)37)28-14-10-13-26(23-28)27-21-22-30-29-15-8-9-20-35(29)39-36(30)24-27/h1-24H. The second-order valence-electron chi connectivity index (χ2n) is 10.1. The fourth-order valence-electron chi connectivity index (χ4n) is 6.11. The molecule has 1 heteroatoms. The average Bonchev–Trinajstić information content (AvgIpc) is 3.38. The minimum Gasteiger partial charge on any atom is -0.135 e. The van der Waals surface area contributed by atoms with Crippen molar-refractivity contribution in [2.45, 2.75) is 0 Å². The predicted octanol–water partition coefficient (Wildman–Crippen LogP) is 11.4. The summed E-state index contributed by atoms with van der Waals surface area (Å²) in [6, 6.07) is 53.2. The number of hydrogen-bond acceptors (Lipinski definition) is 1. The molecule has 0 atom stereocenters. The second kappa shape index (κ2) is 8.94. The molecule has 0 amide bonds. The van der Waals surface area contributed by atoms with E-state index >= 15 is 0 Å². The predicted molar refractivity (Wildman–Crippen MR) is 171 cm³/mol. The Balaban J connectivity index is 1.37. The highest BCUT2D eigenvalue weighted by molar-refractivity contribution is 7.25. The summed E-state index contributed by atoms with van der Waals surface area (Å²) in [4.78, 5) is 0. The first-order valence-electron chi connectivity index (χ1n) is 13.4. The molecule has 0 N–H and O–H groups in total. The molecule has 8 aromatic rings. The molecule has 0 unspecified atom stereocenters. The maximum atomic E-state index is 2.37. The number of fused-ring (bicyclic) bond motifs is 5. The average molecular weight is 513 g/mol. The highest BCUT2D eigenvalue weighted by atomic mass is 32.1. The van der Waals surface area contributed by atoms with Gasteiger partial charge in [0.2, 0.25) is 0 Å². The van der Waals surface area contributed by atoms with Gasteiger partial charge in [-0.1, -0.05) is 127 Å². The Kier molecular flexibility index (Phi) is 5.11. The summed E-state index contributed by atoms with van der Waals surface area (Å²) in [7, 11) is 0. The van der Waals surface area contributed by atoms with E-state index in [1.54, 1.807) is 0 Å². The summed E-state index contributed by atoms with van der Waals surface area (Å²) in [5.41, 5.74) is 7.60. The van der Waals surface area contributed by atoms with E-state index in [2.05, 4.69) is 146 Å². The van der Waals surface area contributed by atoms with E-state index in [-0.39, 0.29) is 0 Å². The van der Waals surface area contributed by atoms with Crippen LogP contribution in [0.5, 0.6) is 0 Å². The van der Waals surface area contributed by atoms with Crippen molar-refractivity contribution in [3.8, 4) is 33.4 Å². The van der Waals surface area contributed by atoms with Crippen LogP contribution in [0.4, 0.5) is 0 Å². The Labute approximate surface area is 231 Å². The van der Waals surface area contributed by atoms with Crippen LogP contribution in [0, 0.1) is 0 Å². The van der Waals surface area contributed by atoms with Gasteiger partial charge in [-0.15, -0.1) is 11.3 Å². The minimum absolute atomic E-state index is 1.24. The lowest BCUT2D eigenvalue weighted by Crippen LogP contribution is -1.91. The van der Waals surface area contributed by atoms with Crippen LogP contribution < -0.4 is 0 Å². The van der Waals surface area contributed by atoms with Gasteiger partial charge in [-0.2, -0.15) is 0 Å². The van der Waals surface area contributed by atoms with Gasteiger partial charge in [0.15, 0.2) is 0 Å². The van der Waals surface area contributed by atoms with E-state index in [1.165, 1.54) is 75.1 Å². The summed E-state index contributed by atoms with van der Waals surface area (Å²) < 4.78 is 2.68. The van der Waals surface area contributed by atoms with Gasteiger partial charge >= 0.3 is 0 Å². The summed E-state index contributed by atoms with van der Waals surface area (Å²) in [6.07, 6.45) is 0. The Bertz CT molecular complexity index is 2110. The normalized spacial score (nSPS) is 11.6. The van der Waals surface area contributed by atoms with Gasteiger partial charge in [0.05, 0.1) is 0 Å². The molecule has 0 saturated heterocycles. The van der Waals surface area contributed by atoms with Gasteiger partial charge in [-0.05, 0) is 73.1 Å². The van der Waals surface area contributed by atoms with Crippen LogP contribution in [0.3, 0.4) is 0 Å². The van der Waals surface area contributed by atoms with Crippen LogP contribution in [0.25, 0.3) is 75.1 Å². The van der Waals surface area contributed by atoms with Crippen molar-refractivity contribution in [2.75, 3.05) is 0 Å². The first kappa shape index (κ1) is 22.3. The lowest BCUT2D eigenvalue weighted by molar-refractivity contribution is 1.63. The maximum Gasteiger partial charge on any atom is 0.0361 e. The minimum atomic E-state index is 1.24. The number of benzene rings is 7. The molecule has 0 bridgehead atoms. The van der Waals surface area contributed by atoms with Gasteiger partial charge in [0, 0.05) is 20.2 Å². The first-order valence-corrected chi connectivity index (χ1v) is 14.2. The molecule has 1 aromatic heterocycles. The van der Waals surface area contributed by atoms with E-state index < -0.39 is 0 Å². The number of rotatable bonds is 3. The second-order valence-corrected chi connectivity index (χ2v) is 11.2. The molecule has 8 rings (SSSR count). The van der Waals surface area contributed by atoms with E-state index in [0.29, 0.717) is 0 Å². The van der Waals surface area contributed by atoms with E-state index in [0.717, 1.165) is 0 Å². The summed E-state index contributed by atoms with van der Waals surface area (Å²) in [5, 5.41) is 7.82. The van der Waals surface area contributed by atoms with Crippen molar-refractivity contribution in [1.82, 2.24) is 0 Å². The van der Waals surface area contributed by atoms with Crippen molar-refractivity contribution < 1.29 is 0 Å². The van der Waals surface area contributed by atoms with Crippen molar-refractivity contribution in [3.05, 3.63) is 146 Å². The van der Waals surface area contributed by atoms with Crippen molar-refractivity contribution in [2.24, 2.45) is 0 Å². The van der Waals surface area contributed by atoms with E-state index in [1.807, 2.05) is 11.3 Å².